The fourth-order valence-corrected chi connectivity index (χ4v) is 3.21. The van der Waals surface area contributed by atoms with Crippen LogP contribution in [0.2, 0.25) is 0 Å². The monoisotopic (exact) mass is 350 g/mol. The van der Waals surface area contributed by atoms with Crippen LogP contribution in [0.25, 0.3) is 0 Å². The van der Waals surface area contributed by atoms with Crippen molar-refractivity contribution in [2.75, 3.05) is 13.1 Å². The highest BCUT2D eigenvalue weighted by atomic mass is 32.2. The normalized spacial score (nSPS) is 11.2. The number of amides is 1. The van der Waals surface area contributed by atoms with Gasteiger partial charge in [-0.1, -0.05) is 36.4 Å². The first-order valence-electron chi connectivity index (χ1n) is 7.43. The lowest BCUT2D eigenvalue weighted by Gasteiger charge is -2.08. The Balaban J connectivity index is 1.79. The molecule has 0 aliphatic heterocycles. The van der Waals surface area contributed by atoms with E-state index in [-0.39, 0.29) is 24.4 Å². The molecular formula is C17H19FN2O3S. The van der Waals surface area contributed by atoms with E-state index < -0.39 is 21.7 Å². The van der Waals surface area contributed by atoms with Gasteiger partial charge in [0.2, 0.25) is 10.0 Å². The maximum atomic E-state index is 13.4. The lowest BCUT2D eigenvalue weighted by molar-refractivity contribution is 0.0954. The molecule has 0 aliphatic rings. The molecule has 128 valence electrons. The lowest BCUT2D eigenvalue weighted by atomic mass is 10.1. The Labute approximate surface area is 141 Å². The average Bonchev–Trinajstić information content (AvgIpc) is 2.54. The van der Waals surface area contributed by atoms with Gasteiger partial charge in [0.05, 0.1) is 5.75 Å². The van der Waals surface area contributed by atoms with Crippen molar-refractivity contribution in [3.05, 3.63) is 71.0 Å². The zero-order valence-corrected chi connectivity index (χ0v) is 14.1. The molecular weight excluding hydrogens is 331 g/mol. The van der Waals surface area contributed by atoms with Gasteiger partial charge in [-0.2, -0.15) is 0 Å². The number of carbonyl (C=O) groups excluding carboxylic acids is 1. The van der Waals surface area contributed by atoms with Crippen molar-refractivity contribution in [2.24, 2.45) is 0 Å². The molecule has 0 aliphatic carbocycles. The zero-order chi connectivity index (χ0) is 17.6. The Morgan fingerprint density at radius 3 is 2.46 bits per heavy atom. The minimum atomic E-state index is -3.47. The van der Waals surface area contributed by atoms with Gasteiger partial charge in [-0.3, -0.25) is 4.79 Å². The Hall–Kier alpha value is -2.25. The highest BCUT2D eigenvalue weighted by molar-refractivity contribution is 7.88. The molecule has 2 rings (SSSR count). The molecule has 0 bridgehead atoms. The van der Waals surface area contributed by atoms with E-state index in [1.165, 1.54) is 12.1 Å². The van der Waals surface area contributed by atoms with Gasteiger partial charge < -0.3 is 5.32 Å². The smallest absolute Gasteiger partial charge is 0.251 e. The summed E-state index contributed by atoms with van der Waals surface area (Å²) in [6.45, 7) is 1.79. The van der Waals surface area contributed by atoms with Gasteiger partial charge in [-0.05, 0) is 30.2 Å². The molecule has 2 aromatic rings. The van der Waals surface area contributed by atoms with Gasteiger partial charge in [0.15, 0.2) is 0 Å². The largest absolute Gasteiger partial charge is 0.351 e. The summed E-state index contributed by atoms with van der Waals surface area (Å²) in [6.07, 6.45) is 0. The number of rotatable bonds is 7. The lowest BCUT2D eigenvalue weighted by Crippen LogP contribution is -2.35. The predicted molar refractivity (Wildman–Crippen MR) is 90.5 cm³/mol. The van der Waals surface area contributed by atoms with E-state index in [1.807, 2.05) is 6.07 Å². The number of hydrogen-bond donors (Lipinski definition) is 2. The second-order valence-corrected chi connectivity index (χ2v) is 7.17. The van der Waals surface area contributed by atoms with Crippen LogP contribution < -0.4 is 10.0 Å². The quantitative estimate of drug-likeness (QED) is 0.750. The van der Waals surface area contributed by atoms with Gasteiger partial charge in [-0.15, -0.1) is 0 Å². The van der Waals surface area contributed by atoms with Crippen molar-refractivity contribution < 1.29 is 17.6 Å². The summed E-state index contributed by atoms with van der Waals surface area (Å²) in [5.41, 5.74) is 1.34. The molecule has 2 aromatic carbocycles. The summed E-state index contributed by atoms with van der Waals surface area (Å²) < 4.78 is 39.7. The first-order valence-corrected chi connectivity index (χ1v) is 9.08. The Bertz CT molecular complexity index is 808. The van der Waals surface area contributed by atoms with Crippen molar-refractivity contribution in [1.29, 1.82) is 0 Å². The Morgan fingerprint density at radius 1 is 1.08 bits per heavy atom. The molecule has 0 atom stereocenters. The molecule has 2 N–H and O–H groups in total. The molecule has 7 heteroatoms. The molecule has 0 radical (unpaired) electrons. The molecule has 0 saturated carbocycles. The van der Waals surface area contributed by atoms with E-state index in [0.29, 0.717) is 11.1 Å². The third-order valence-electron chi connectivity index (χ3n) is 3.37. The van der Waals surface area contributed by atoms with E-state index in [9.17, 15) is 17.6 Å². The van der Waals surface area contributed by atoms with Crippen LogP contribution in [0.15, 0.2) is 48.5 Å². The van der Waals surface area contributed by atoms with E-state index in [0.717, 1.165) is 6.07 Å². The third-order valence-corrected chi connectivity index (χ3v) is 4.72. The summed E-state index contributed by atoms with van der Waals surface area (Å²) in [6, 6.07) is 13.0. The van der Waals surface area contributed by atoms with Gasteiger partial charge in [0, 0.05) is 18.7 Å². The molecule has 0 aromatic heterocycles. The molecule has 24 heavy (non-hydrogen) atoms. The van der Waals surface area contributed by atoms with E-state index in [2.05, 4.69) is 10.0 Å². The second kappa shape index (κ2) is 8.03. The number of hydrogen-bond acceptors (Lipinski definition) is 3. The summed E-state index contributed by atoms with van der Waals surface area (Å²) in [7, 11) is -3.47. The van der Waals surface area contributed by atoms with E-state index in [1.54, 1.807) is 31.2 Å². The first-order chi connectivity index (χ1) is 11.4. The highest BCUT2D eigenvalue weighted by Gasteiger charge is 2.11. The third kappa shape index (κ3) is 5.43. The topological polar surface area (TPSA) is 75.3 Å². The number of benzene rings is 2. The SMILES string of the molecule is Cc1ccc(C(=O)NCCNS(=O)(=O)Cc2ccccc2)cc1F. The van der Waals surface area contributed by atoms with Crippen LogP contribution in [0.1, 0.15) is 21.5 Å². The van der Waals surface area contributed by atoms with Gasteiger partial charge in [0.25, 0.3) is 5.91 Å². The molecule has 0 unspecified atom stereocenters. The highest BCUT2D eigenvalue weighted by Crippen LogP contribution is 2.09. The predicted octanol–water partition coefficient (Wildman–Crippen LogP) is 1.98. The summed E-state index contributed by atoms with van der Waals surface area (Å²) in [5.74, 6) is -1.02. The van der Waals surface area contributed by atoms with Crippen molar-refractivity contribution in [2.45, 2.75) is 12.7 Å². The molecule has 0 saturated heterocycles. The van der Waals surface area contributed by atoms with Gasteiger partial charge in [0.1, 0.15) is 5.82 Å². The van der Waals surface area contributed by atoms with Crippen molar-refractivity contribution in [3.63, 3.8) is 0 Å². The van der Waals surface area contributed by atoms with Gasteiger partial charge >= 0.3 is 0 Å². The first kappa shape index (κ1) is 18.1. The number of nitrogens with one attached hydrogen (secondary N) is 2. The summed E-state index contributed by atoms with van der Waals surface area (Å²) in [5, 5.41) is 2.55. The van der Waals surface area contributed by atoms with E-state index in [4.69, 9.17) is 0 Å². The van der Waals surface area contributed by atoms with Crippen LogP contribution >= 0.6 is 0 Å². The maximum Gasteiger partial charge on any atom is 0.251 e. The van der Waals surface area contributed by atoms with Crippen LogP contribution in [0.3, 0.4) is 0 Å². The molecule has 0 spiro atoms. The molecule has 5 nitrogen and oxygen atoms in total. The molecule has 1 amide bonds. The number of carbonyl (C=O) groups is 1. The van der Waals surface area contributed by atoms with Crippen LogP contribution in [0, 0.1) is 12.7 Å². The summed E-state index contributed by atoms with van der Waals surface area (Å²) in [4.78, 5) is 11.9. The van der Waals surface area contributed by atoms with Crippen molar-refractivity contribution >= 4 is 15.9 Å². The van der Waals surface area contributed by atoms with Crippen molar-refractivity contribution in [1.82, 2.24) is 10.0 Å². The minimum absolute atomic E-state index is 0.0647. The molecule has 0 fully saturated rings. The van der Waals surface area contributed by atoms with Crippen LogP contribution in [0.5, 0.6) is 0 Å². The minimum Gasteiger partial charge on any atom is -0.351 e. The Morgan fingerprint density at radius 2 is 1.79 bits per heavy atom. The van der Waals surface area contributed by atoms with E-state index >= 15 is 0 Å². The fraction of sp³-hybridized carbons (Fsp3) is 0.235. The summed E-state index contributed by atoms with van der Waals surface area (Å²) >= 11 is 0. The van der Waals surface area contributed by atoms with Crippen LogP contribution in [0.4, 0.5) is 4.39 Å². The zero-order valence-electron chi connectivity index (χ0n) is 13.3. The maximum absolute atomic E-state index is 13.4. The fourth-order valence-electron chi connectivity index (χ4n) is 2.06. The Kier molecular flexibility index (Phi) is 6.05. The molecule has 0 heterocycles. The second-order valence-electron chi connectivity index (χ2n) is 5.36. The average molecular weight is 350 g/mol. The van der Waals surface area contributed by atoms with Gasteiger partial charge in [-0.25, -0.2) is 17.5 Å². The number of sulfonamides is 1. The standard InChI is InChI=1S/C17H19FN2O3S/c1-13-7-8-15(11-16(13)18)17(21)19-9-10-20-24(22,23)12-14-5-3-2-4-6-14/h2-8,11,20H,9-10,12H2,1H3,(H,19,21). The van der Waals surface area contributed by atoms with Crippen LogP contribution in [-0.4, -0.2) is 27.4 Å². The van der Waals surface area contributed by atoms with Crippen LogP contribution in [-0.2, 0) is 15.8 Å². The van der Waals surface area contributed by atoms with Crippen molar-refractivity contribution in [3.8, 4) is 0 Å². The number of halogens is 1. The number of aryl methyl sites for hydroxylation is 1.